The summed E-state index contributed by atoms with van der Waals surface area (Å²) >= 11 is 0. The van der Waals surface area contributed by atoms with Gasteiger partial charge in [-0.1, -0.05) is 20.8 Å². The first kappa shape index (κ1) is 19.0. The second kappa shape index (κ2) is 4.69. The lowest BCUT2D eigenvalue weighted by molar-refractivity contribution is -0.239. The average molecular weight is 424 g/mol. The highest BCUT2D eigenvalue weighted by Gasteiger charge is 3.03. The molecule has 2 unspecified atom stereocenters. The summed E-state index contributed by atoms with van der Waals surface area (Å²) in [6.45, 7) is 7.14. The lowest BCUT2D eigenvalue weighted by Gasteiger charge is -2.47. The van der Waals surface area contributed by atoms with Gasteiger partial charge in [0.05, 0.1) is 16.7 Å². The fraction of sp³-hybridized carbons (Fsp3) is 0.850. The Morgan fingerprint density at radius 1 is 1.03 bits per heavy atom. The third-order valence-electron chi connectivity index (χ3n) is 9.00. The first-order chi connectivity index (χ1) is 13.8. The number of carbonyl (C=O) groups excluding carboxylic acids is 3. The van der Waals surface area contributed by atoms with Crippen molar-refractivity contribution >= 4 is 17.9 Å². The number of ether oxygens (including phenoxy) is 4. The Morgan fingerprint density at radius 3 is 2.33 bits per heavy atom. The van der Waals surface area contributed by atoms with E-state index < -0.39 is 87.9 Å². The average Bonchev–Trinajstić information content (AvgIpc) is 3.35. The van der Waals surface area contributed by atoms with Crippen molar-refractivity contribution in [3.8, 4) is 0 Å². The molecule has 0 aromatic heterocycles. The van der Waals surface area contributed by atoms with Gasteiger partial charge in [0.1, 0.15) is 12.2 Å². The van der Waals surface area contributed by atoms with E-state index in [2.05, 4.69) is 0 Å². The van der Waals surface area contributed by atoms with Crippen molar-refractivity contribution in [2.75, 3.05) is 0 Å². The van der Waals surface area contributed by atoms with Crippen LogP contribution in [0.4, 0.5) is 0 Å². The number of rotatable bonds is 0. The Balaban J connectivity index is 1.72. The Labute approximate surface area is 171 Å². The van der Waals surface area contributed by atoms with Gasteiger partial charge in [0.15, 0.2) is 17.8 Å². The zero-order valence-corrected chi connectivity index (χ0v) is 16.9. The largest absolute Gasteiger partial charge is 0.459 e. The van der Waals surface area contributed by atoms with Crippen LogP contribution in [0, 0.1) is 28.1 Å². The highest BCUT2D eigenvalue weighted by atomic mass is 16.8. The predicted molar refractivity (Wildman–Crippen MR) is 92.0 cm³/mol. The van der Waals surface area contributed by atoms with Crippen molar-refractivity contribution in [2.45, 2.75) is 76.0 Å². The van der Waals surface area contributed by atoms with Crippen LogP contribution in [-0.4, -0.2) is 75.1 Å². The molecule has 3 N–H and O–H groups in total. The summed E-state index contributed by atoms with van der Waals surface area (Å²) in [4.78, 5) is 38.2. The summed E-state index contributed by atoms with van der Waals surface area (Å²) in [5.74, 6) is -4.32. The second-order valence-electron chi connectivity index (χ2n) is 10.7. The van der Waals surface area contributed by atoms with Gasteiger partial charge in [-0.15, -0.1) is 0 Å². The highest BCUT2D eigenvalue weighted by Crippen LogP contribution is 2.84. The number of aliphatic hydroxyl groups excluding tert-OH is 2. The molecule has 0 radical (unpaired) electrons. The molecular formula is C20H24O10. The number of esters is 3. The van der Waals surface area contributed by atoms with Crippen LogP contribution in [0.2, 0.25) is 0 Å². The van der Waals surface area contributed by atoms with Crippen molar-refractivity contribution in [1.29, 1.82) is 0 Å². The van der Waals surface area contributed by atoms with Crippen LogP contribution in [0.25, 0.3) is 0 Å². The topological polar surface area (TPSA) is 149 Å². The fourth-order valence-corrected chi connectivity index (χ4v) is 8.12. The Bertz CT molecular complexity index is 925. The Morgan fingerprint density at radius 2 is 1.70 bits per heavy atom. The minimum absolute atomic E-state index is 0.229. The van der Waals surface area contributed by atoms with Crippen LogP contribution in [0.15, 0.2) is 0 Å². The third-order valence-corrected chi connectivity index (χ3v) is 9.00. The van der Waals surface area contributed by atoms with Crippen molar-refractivity contribution in [2.24, 2.45) is 28.1 Å². The third kappa shape index (κ3) is 1.33. The van der Waals surface area contributed by atoms with Crippen molar-refractivity contribution in [1.82, 2.24) is 0 Å². The van der Waals surface area contributed by atoms with E-state index in [0.717, 1.165) is 0 Å². The van der Waals surface area contributed by atoms with Crippen molar-refractivity contribution in [3.63, 3.8) is 0 Å². The molecule has 11 atom stereocenters. The molecule has 4 aliphatic heterocycles. The molecule has 2 saturated carbocycles. The normalized spacial score (nSPS) is 60.1. The van der Waals surface area contributed by atoms with Gasteiger partial charge in [-0.3, -0.25) is 4.79 Å². The quantitative estimate of drug-likeness (QED) is 0.314. The van der Waals surface area contributed by atoms with Crippen LogP contribution >= 0.6 is 0 Å². The summed E-state index contributed by atoms with van der Waals surface area (Å²) in [6, 6.07) is 0. The molecule has 10 heteroatoms. The lowest BCUT2D eigenvalue weighted by Crippen LogP contribution is -2.67. The minimum Gasteiger partial charge on any atom is -0.459 e. The molecule has 2 aliphatic carbocycles. The molecule has 164 valence electrons. The lowest BCUT2D eigenvalue weighted by atomic mass is 9.51. The Kier molecular flexibility index (Phi) is 2.97. The molecule has 0 aromatic rings. The van der Waals surface area contributed by atoms with Crippen LogP contribution < -0.4 is 0 Å². The van der Waals surface area contributed by atoms with Crippen LogP contribution in [0.3, 0.4) is 0 Å². The van der Waals surface area contributed by atoms with E-state index in [4.69, 9.17) is 18.9 Å². The SMILES string of the molecule is C[C@@H]1C(=O)O[C@H]2C(O)C34[C@@H]5C[C@@H](C(C)(C)C)[C@]36[C@@H](OC(=O)[C@@H]6O)O[C@@]4(C(=O)O5)[C@@]12O. The molecule has 0 amide bonds. The van der Waals surface area contributed by atoms with Gasteiger partial charge < -0.3 is 34.3 Å². The highest BCUT2D eigenvalue weighted by molar-refractivity contribution is 5.94. The summed E-state index contributed by atoms with van der Waals surface area (Å²) in [7, 11) is 0. The molecule has 30 heavy (non-hydrogen) atoms. The van der Waals surface area contributed by atoms with Gasteiger partial charge in [0, 0.05) is 0 Å². The van der Waals surface area contributed by atoms with Crippen LogP contribution in [-0.2, 0) is 33.3 Å². The van der Waals surface area contributed by atoms with Crippen LogP contribution in [0.5, 0.6) is 0 Å². The molecular weight excluding hydrogens is 400 g/mol. The summed E-state index contributed by atoms with van der Waals surface area (Å²) in [5.41, 5.74) is -8.26. The minimum atomic E-state index is -2.24. The van der Waals surface area contributed by atoms with Gasteiger partial charge in [-0.25, -0.2) is 9.59 Å². The van der Waals surface area contributed by atoms with Gasteiger partial charge in [-0.05, 0) is 24.7 Å². The van der Waals surface area contributed by atoms with Crippen LogP contribution in [0.1, 0.15) is 34.1 Å². The van der Waals surface area contributed by atoms with Gasteiger partial charge in [0.25, 0.3) is 0 Å². The molecule has 4 heterocycles. The van der Waals surface area contributed by atoms with E-state index in [9.17, 15) is 29.7 Å². The van der Waals surface area contributed by atoms with E-state index in [-0.39, 0.29) is 6.42 Å². The maximum atomic E-state index is 13.4. The summed E-state index contributed by atoms with van der Waals surface area (Å²) in [5, 5.41) is 34.7. The van der Waals surface area contributed by atoms with Gasteiger partial charge in [0.2, 0.25) is 11.9 Å². The molecule has 2 spiro atoms. The first-order valence-electron chi connectivity index (χ1n) is 10.2. The smallest absolute Gasteiger partial charge is 0.343 e. The molecule has 10 nitrogen and oxygen atoms in total. The zero-order chi connectivity index (χ0) is 21.8. The zero-order valence-electron chi connectivity index (χ0n) is 16.9. The molecule has 6 rings (SSSR count). The van der Waals surface area contributed by atoms with E-state index in [1.165, 1.54) is 6.92 Å². The number of hydrogen-bond acceptors (Lipinski definition) is 10. The molecule has 0 aromatic carbocycles. The molecule has 0 bridgehead atoms. The predicted octanol–water partition coefficient (Wildman–Crippen LogP) is -1.37. The maximum Gasteiger partial charge on any atom is 0.343 e. The monoisotopic (exact) mass is 424 g/mol. The molecule has 6 fully saturated rings. The fourth-order valence-electron chi connectivity index (χ4n) is 8.12. The van der Waals surface area contributed by atoms with E-state index in [1.807, 2.05) is 20.8 Å². The number of hydrogen-bond donors (Lipinski definition) is 3. The molecule has 4 saturated heterocycles. The van der Waals surface area contributed by atoms with E-state index in [1.54, 1.807) is 0 Å². The van der Waals surface area contributed by atoms with Gasteiger partial charge in [-0.2, -0.15) is 0 Å². The second-order valence-corrected chi connectivity index (χ2v) is 10.7. The Hall–Kier alpha value is -1.75. The molecule has 6 aliphatic rings. The summed E-state index contributed by atoms with van der Waals surface area (Å²) < 4.78 is 22.5. The number of aliphatic hydroxyl groups is 3. The first-order valence-corrected chi connectivity index (χ1v) is 10.2. The number of carbonyl (C=O) groups is 3. The van der Waals surface area contributed by atoms with Crippen molar-refractivity contribution in [3.05, 3.63) is 0 Å². The number of fused-ring (bicyclic) bond motifs is 1. The standard InChI is InChI=1S/C20H24O10/c1-6-12(23)28-11-9(21)18-8-5-7(16(2,3)4)17(18)10(22)13(24)29-15(17)30-20(18,14(25)27-8)19(6,11)26/h6-11,15,21-22,26H,5H2,1-4H3/t6-,7+,8+,9?,10+,11+,15+,17+,18?,19-,20-/m1/s1. The van der Waals surface area contributed by atoms with E-state index in [0.29, 0.717) is 0 Å². The van der Waals surface area contributed by atoms with Crippen molar-refractivity contribution < 1.29 is 48.7 Å². The summed E-state index contributed by atoms with van der Waals surface area (Å²) in [6.07, 6.45) is -6.91. The van der Waals surface area contributed by atoms with Gasteiger partial charge >= 0.3 is 17.9 Å². The van der Waals surface area contributed by atoms with E-state index >= 15 is 0 Å². The maximum absolute atomic E-state index is 13.4.